The van der Waals surface area contributed by atoms with E-state index in [0.29, 0.717) is 13.1 Å². The van der Waals surface area contributed by atoms with Gasteiger partial charge in [0.15, 0.2) is 0 Å². The van der Waals surface area contributed by atoms with Crippen LogP contribution in [0.5, 0.6) is 0 Å². The Balaban J connectivity index is 1.95. The number of methoxy groups -OCH3 is 1. The van der Waals surface area contributed by atoms with Crippen LogP contribution >= 0.6 is 11.6 Å². The van der Waals surface area contributed by atoms with E-state index in [1.54, 1.807) is 13.3 Å². The Morgan fingerprint density at radius 1 is 1.55 bits per heavy atom. The lowest BCUT2D eigenvalue weighted by Gasteiger charge is -2.26. The molecule has 1 fully saturated rings. The summed E-state index contributed by atoms with van der Waals surface area (Å²) in [6, 6.07) is 4.19. The van der Waals surface area contributed by atoms with Gasteiger partial charge in [-0.1, -0.05) is 6.07 Å². The summed E-state index contributed by atoms with van der Waals surface area (Å²) >= 11 is 5.72. The van der Waals surface area contributed by atoms with Gasteiger partial charge in [0.05, 0.1) is 12.1 Å². The van der Waals surface area contributed by atoms with E-state index in [-0.39, 0.29) is 23.9 Å². The van der Waals surface area contributed by atoms with Crippen molar-refractivity contribution in [3.05, 3.63) is 23.9 Å². The van der Waals surface area contributed by atoms with Crippen LogP contribution in [-0.2, 0) is 16.1 Å². The van der Waals surface area contributed by atoms with Crippen LogP contribution in [0.3, 0.4) is 0 Å². The first-order valence-electron chi connectivity index (χ1n) is 6.80. The molecule has 1 saturated heterocycles. The van der Waals surface area contributed by atoms with E-state index in [9.17, 15) is 4.79 Å². The molecule has 1 aromatic rings. The van der Waals surface area contributed by atoms with Crippen LogP contribution in [0.1, 0.15) is 12.0 Å². The summed E-state index contributed by atoms with van der Waals surface area (Å²) in [4.78, 5) is 20.6. The van der Waals surface area contributed by atoms with E-state index in [4.69, 9.17) is 16.3 Å². The summed E-state index contributed by atoms with van der Waals surface area (Å²) in [7, 11) is 1.73. The second-order valence-electron chi connectivity index (χ2n) is 5.29. The average Bonchev–Trinajstić information content (AvgIpc) is 2.82. The van der Waals surface area contributed by atoms with E-state index in [1.807, 2.05) is 17.0 Å². The quantitative estimate of drug-likeness (QED) is 0.771. The molecule has 5 nitrogen and oxygen atoms in total. The number of hydrogen-bond donors (Lipinski definition) is 0. The molecule has 0 aliphatic carbocycles. The fraction of sp³-hybridized carbons (Fsp3) is 0.571. The number of alkyl halides is 1. The lowest BCUT2D eigenvalue weighted by Crippen LogP contribution is -2.40. The third-order valence-corrected chi connectivity index (χ3v) is 4.34. The maximum absolute atomic E-state index is 12.0. The van der Waals surface area contributed by atoms with Crippen molar-refractivity contribution in [1.29, 1.82) is 0 Å². The van der Waals surface area contributed by atoms with Crippen molar-refractivity contribution < 1.29 is 9.53 Å². The second kappa shape index (κ2) is 5.58. The van der Waals surface area contributed by atoms with Gasteiger partial charge >= 0.3 is 0 Å². The van der Waals surface area contributed by atoms with Crippen LogP contribution in [0.4, 0.5) is 5.82 Å². The summed E-state index contributed by atoms with van der Waals surface area (Å²) in [5, 5.41) is 0. The first kappa shape index (κ1) is 13.6. The minimum Gasteiger partial charge on any atom is -0.380 e. The van der Waals surface area contributed by atoms with Gasteiger partial charge in [0.1, 0.15) is 11.7 Å². The zero-order valence-corrected chi connectivity index (χ0v) is 12.2. The lowest BCUT2D eigenvalue weighted by molar-refractivity contribution is -0.129. The molecule has 108 valence electrons. The van der Waals surface area contributed by atoms with E-state index < -0.39 is 0 Å². The van der Waals surface area contributed by atoms with Crippen molar-refractivity contribution in [2.45, 2.75) is 25.1 Å². The molecule has 2 aliphatic heterocycles. The number of anilines is 1. The molecular weight excluding hydrogens is 278 g/mol. The number of pyridine rings is 1. The van der Waals surface area contributed by atoms with Crippen LogP contribution in [0.2, 0.25) is 0 Å². The molecule has 2 atom stereocenters. The second-order valence-corrected chi connectivity index (χ2v) is 5.56. The Labute approximate surface area is 123 Å². The van der Waals surface area contributed by atoms with Gasteiger partial charge < -0.3 is 14.5 Å². The van der Waals surface area contributed by atoms with E-state index in [0.717, 1.165) is 24.3 Å². The van der Waals surface area contributed by atoms with Crippen LogP contribution in [0.25, 0.3) is 0 Å². The fourth-order valence-corrected chi connectivity index (χ4v) is 3.26. The highest BCUT2D eigenvalue weighted by atomic mass is 35.5. The first-order chi connectivity index (χ1) is 9.72. The summed E-state index contributed by atoms with van der Waals surface area (Å²) in [6.45, 7) is 2.09. The lowest BCUT2D eigenvalue weighted by atomic mass is 10.2. The van der Waals surface area contributed by atoms with Crippen molar-refractivity contribution in [1.82, 2.24) is 9.88 Å². The minimum absolute atomic E-state index is 0.0238. The molecule has 3 rings (SSSR count). The Morgan fingerprint density at radius 2 is 2.40 bits per heavy atom. The molecule has 1 aromatic heterocycles. The molecule has 0 N–H and O–H groups in total. The number of amides is 1. The summed E-state index contributed by atoms with van der Waals surface area (Å²) < 4.78 is 5.48. The van der Waals surface area contributed by atoms with Gasteiger partial charge in [-0.15, -0.1) is 11.6 Å². The molecule has 2 aliphatic rings. The summed E-state index contributed by atoms with van der Waals surface area (Å²) in [5.74, 6) is 0.974. The molecule has 2 unspecified atom stereocenters. The smallest absolute Gasteiger partial charge is 0.237 e. The molecule has 3 heterocycles. The number of hydrogen-bond acceptors (Lipinski definition) is 4. The van der Waals surface area contributed by atoms with Crippen molar-refractivity contribution >= 4 is 23.3 Å². The SMILES string of the molecule is COC1CC2CN(C(=O)CCl)Cc3cccnc3N2C1. The normalized spacial score (nSPS) is 25.1. The Morgan fingerprint density at radius 3 is 3.15 bits per heavy atom. The van der Waals surface area contributed by atoms with Gasteiger partial charge in [0, 0.05) is 38.5 Å². The van der Waals surface area contributed by atoms with Gasteiger partial charge in [-0.25, -0.2) is 4.98 Å². The highest BCUT2D eigenvalue weighted by Gasteiger charge is 2.38. The summed E-state index contributed by atoms with van der Waals surface area (Å²) in [5.41, 5.74) is 1.07. The number of carbonyl (C=O) groups is 1. The zero-order chi connectivity index (χ0) is 14.1. The van der Waals surface area contributed by atoms with Gasteiger partial charge in [0.25, 0.3) is 0 Å². The predicted octanol–water partition coefficient (Wildman–Crippen LogP) is 1.26. The number of aromatic nitrogens is 1. The molecule has 0 spiro atoms. The maximum atomic E-state index is 12.0. The topological polar surface area (TPSA) is 45.7 Å². The first-order valence-corrected chi connectivity index (χ1v) is 7.33. The number of ether oxygens (including phenoxy) is 1. The highest BCUT2D eigenvalue weighted by molar-refractivity contribution is 6.27. The van der Waals surface area contributed by atoms with Gasteiger partial charge in [-0.05, 0) is 12.5 Å². The Kier molecular flexibility index (Phi) is 3.81. The van der Waals surface area contributed by atoms with Crippen molar-refractivity contribution in [3.8, 4) is 0 Å². The predicted molar refractivity (Wildman–Crippen MR) is 76.9 cm³/mol. The molecule has 0 aromatic carbocycles. The van der Waals surface area contributed by atoms with Crippen molar-refractivity contribution in [2.75, 3.05) is 31.0 Å². The molecule has 0 bridgehead atoms. The Hall–Kier alpha value is -1.33. The van der Waals surface area contributed by atoms with Crippen LogP contribution in [0.15, 0.2) is 18.3 Å². The van der Waals surface area contributed by atoms with Gasteiger partial charge in [-0.2, -0.15) is 0 Å². The fourth-order valence-electron chi connectivity index (χ4n) is 3.09. The van der Waals surface area contributed by atoms with E-state index in [2.05, 4.69) is 9.88 Å². The van der Waals surface area contributed by atoms with Crippen LogP contribution in [-0.4, -0.2) is 54.0 Å². The molecule has 0 saturated carbocycles. The van der Waals surface area contributed by atoms with Crippen molar-refractivity contribution in [3.63, 3.8) is 0 Å². The standard InChI is InChI=1S/C14H18ClN3O2/c1-20-12-5-11-8-17(13(19)6-15)7-10-3-2-4-16-14(10)18(11)9-12/h2-4,11-12H,5-9H2,1H3. The minimum atomic E-state index is -0.0239. The number of halogens is 1. The molecular formula is C14H18ClN3O2. The Bertz CT molecular complexity index is 511. The van der Waals surface area contributed by atoms with E-state index >= 15 is 0 Å². The number of fused-ring (bicyclic) bond motifs is 3. The van der Waals surface area contributed by atoms with Gasteiger partial charge in [-0.3, -0.25) is 4.79 Å². The van der Waals surface area contributed by atoms with Crippen LogP contribution in [0, 0.1) is 0 Å². The molecule has 6 heteroatoms. The highest BCUT2D eigenvalue weighted by Crippen LogP contribution is 2.32. The van der Waals surface area contributed by atoms with Crippen molar-refractivity contribution in [2.24, 2.45) is 0 Å². The third kappa shape index (κ3) is 2.36. The molecule has 0 radical (unpaired) electrons. The number of nitrogens with zero attached hydrogens (tertiary/aromatic N) is 3. The summed E-state index contributed by atoms with van der Waals surface area (Å²) in [6.07, 6.45) is 2.91. The number of rotatable bonds is 2. The molecule has 1 amide bonds. The monoisotopic (exact) mass is 295 g/mol. The maximum Gasteiger partial charge on any atom is 0.237 e. The largest absolute Gasteiger partial charge is 0.380 e. The van der Waals surface area contributed by atoms with Crippen LogP contribution < -0.4 is 4.90 Å². The molecule has 20 heavy (non-hydrogen) atoms. The van der Waals surface area contributed by atoms with E-state index in [1.165, 1.54) is 0 Å². The van der Waals surface area contributed by atoms with Gasteiger partial charge in [0.2, 0.25) is 5.91 Å². The third-order valence-electron chi connectivity index (χ3n) is 4.11. The number of carbonyl (C=O) groups excluding carboxylic acids is 1. The zero-order valence-electron chi connectivity index (χ0n) is 11.5. The average molecular weight is 296 g/mol.